The first kappa shape index (κ1) is 21.4. The Morgan fingerprint density at radius 1 is 0.971 bits per heavy atom. The fraction of sp³-hybridized carbons (Fsp3) is 0.107. The number of furan rings is 1. The summed E-state index contributed by atoms with van der Waals surface area (Å²) in [5.74, 6) is 1.02. The van der Waals surface area contributed by atoms with Crippen molar-refractivity contribution in [1.82, 2.24) is 9.55 Å². The van der Waals surface area contributed by atoms with Crippen molar-refractivity contribution >= 4 is 34.3 Å². The third-order valence-corrected chi connectivity index (χ3v) is 7.08. The molecule has 1 aliphatic rings. The van der Waals surface area contributed by atoms with Crippen molar-refractivity contribution in [2.75, 3.05) is 10.7 Å². The molecule has 172 valence electrons. The van der Waals surface area contributed by atoms with Crippen LogP contribution in [0.25, 0.3) is 22.1 Å². The molecule has 1 amide bonds. The van der Waals surface area contributed by atoms with Gasteiger partial charge in [0.1, 0.15) is 16.9 Å². The summed E-state index contributed by atoms with van der Waals surface area (Å²) in [5, 5.41) is 1.62. The van der Waals surface area contributed by atoms with Gasteiger partial charge in [-0.25, -0.2) is 4.98 Å². The highest BCUT2D eigenvalue weighted by Gasteiger charge is 2.26. The van der Waals surface area contributed by atoms with E-state index in [1.807, 2.05) is 84.9 Å². The number of carbonyl (C=O) groups excluding carboxylic acids is 1. The summed E-state index contributed by atoms with van der Waals surface area (Å²) in [6.07, 6.45) is 1.40. The van der Waals surface area contributed by atoms with Crippen molar-refractivity contribution in [2.24, 2.45) is 0 Å². The molecule has 0 N–H and O–H groups in total. The van der Waals surface area contributed by atoms with E-state index in [1.165, 1.54) is 18.0 Å². The van der Waals surface area contributed by atoms with Crippen LogP contribution in [-0.2, 0) is 13.1 Å². The SMILES string of the molecule is O=C(c1cnc2n(c1=O)CCS2)N(Cc1cc2ccccc2o1)c1ccc(-c2ccccc2)cc1. The van der Waals surface area contributed by atoms with E-state index in [4.69, 9.17) is 4.42 Å². The van der Waals surface area contributed by atoms with Crippen molar-refractivity contribution in [3.63, 3.8) is 0 Å². The third-order valence-electron chi connectivity index (χ3n) is 6.11. The molecule has 0 saturated heterocycles. The van der Waals surface area contributed by atoms with Crippen molar-refractivity contribution in [2.45, 2.75) is 18.2 Å². The zero-order valence-electron chi connectivity index (χ0n) is 18.8. The molecule has 0 unspecified atom stereocenters. The van der Waals surface area contributed by atoms with E-state index in [1.54, 1.807) is 9.47 Å². The van der Waals surface area contributed by atoms with Gasteiger partial charge in [-0.3, -0.25) is 14.2 Å². The third kappa shape index (κ3) is 4.04. The van der Waals surface area contributed by atoms with Gasteiger partial charge in [-0.1, -0.05) is 72.4 Å². The highest BCUT2D eigenvalue weighted by atomic mass is 32.2. The average Bonchev–Trinajstić information content (AvgIpc) is 3.55. The Labute approximate surface area is 205 Å². The Hall–Kier alpha value is -4.10. The second kappa shape index (κ2) is 8.92. The van der Waals surface area contributed by atoms with Gasteiger partial charge in [-0.2, -0.15) is 0 Å². The molecule has 0 fully saturated rings. The van der Waals surface area contributed by atoms with Gasteiger partial charge in [0, 0.05) is 29.6 Å². The zero-order chi connectivity index (χ0) is 23.8. The molecule has 1 aliphatic heterocycles. The van der Waals surface area contributed by atoms with Crippen LogP contribution < -0.4 is 10.5 Å². The van der Waals surface area contributed by atoms with Gasteiger partial charge in [0.25, 0.3) is 11.5 Å². The Balaban J connectivity index is 1.40. The van der Waals surface area contributed by atoms with Crippen LogP contribution in [0.15, 0.2) is 105 Å². The van der Waals surface area contributed by atoms with Crippen LogP contribution in [0.3, 0.4) is 0 Å². The maximum absolute atomic E-state index is 13.8. The van der Waals surface area contributed by atoms with Crippen LogP contribution in [0.1, 0.15) is 16.1 Å². The summed E-state index contributed by atoms with van der Waals surface area (Å²) < 4.78 is 7.59. The first-order valence-electron chi connectivity index (χ1n) is 11.3. The van der Waals surface area contributed by atoms with Crippen LogP contribution in [0.2, 0.25) is 0 Å². The number of nitrogens with zero attached hydrogens (tertiary/aromatic N) is 3. The second-order valence-electron chi connectivity index (χ2n) is 8.31. The normalized spacial score (nSPS) is 12.6. The summed E-state index contributed by atoms with van der Waals surface area (Å²) in [5.41, 5.74) is 3.31. The summed E-state index contributed by atoms with van der Waals surface area (Å²) in [7, 11) is 0. The molecular weight excluding hydrogens is 458 g/mol. The van der Waals surface area contributed by atoms with Crippen LogP contribution >= 0.6 is 11.8 Å². The standard InChI is InChI=1S/C28H21N3O3S/c32-26-24(17-29-28-30(26)14-15-35-28)27(33)31(18-23-16-21-8-4-5-9-25(21)34-23)22-12-10-20(11-13-22)19-6-2-1-3-7-19/h1-13,16-17H,14-15,18H2. The van der Waals surface area contributed by atoms with Gasteiger partial charge in [0.15, 0.2) is 5.16 Å². The van der Waals surface area contributed by atoms with E-state index in [-0.39, 0.29) is 17.7 Å². The van der Waals surface area contributed by atoms with Gasteiger partial charge in [-0.05, 0) is 35.4 Å². The van der Waals surface area contributed by atoms with Gasteiger partial charge in [0.2, 0.25) is 0 Å². The number of carbonyl (C=O) groups is 1. The summed E-state index contributed by atoms with van der Waals surface area (Å²) in [4.78, 5) is 32.8. The van der Waals surface area contributed by atoms with E-state index in [0.717, 1.165) is 27.8 Å². The molecule has 0 aliphatic carbocycles. The van der Waals surface area contributed by atoms with Crippen LogP contribution in [0.4, 0.5) is 5.69 Å². The number of hydrogen-bond acceptors (Lipinski definition) is 5. The molecule has 7 heteroatoms. The van der Waals surface area contributed by atoms with Crippen molar-refractivity contribution < 1.29 is 9.21 Å². The molecule has 0 spiro atoms. The molecule has 5 aromatic rings. The highest BCUT2D eigenvalue weighted by molar-refractivity contribution is 7.99. The Kier molecular flexibility index (Phi) is 5.47. The summed E-state index contributed by atoms with van der Waals surface area (Å²) >= 11 is 1.52. The molecule has 0 atom stereocenters. The van der Waals surface area contributed by atoms with E-state index < -0.39 is 5.91 Å². The summed E-state index contributed by atoms with van der Waals surface area (Å²) in [6.45, 7) is 0.746. The monoisotopic (exact) mass is 479 g/mol. The molecule has 6 nitrogen and oxygen atoms in total. The minimum absolute atomic E-state index is 0.0551. The van der Waals surface area contributed by atoms with Gasteiger partial charge < -0.3 is 9.32 Å². The minimum atomic E-state index is -0.400. The molecule has 0 radical (unpaired) electrons. The fourth-order valence-electron chi connectivity index (χ4n) is 4.33. The van der Waals surface area contributed by atoms with Crippen LogP contribution in [0.5, 0.6) is 0 Å². The van der Waals surface area contributed by atoms with Crippen LogP contribution in [-0.4, -0.2) is 21.2 Å². The number of thioether (sulfide) groups is 1. The maximum Gasteiger partial charge on any atom is 0.267 e. The largest absolute Gasteiger partial charge is 0.459 e. The second-order valence-corrected chi connectivity index (χ2v) is 9.38. The zero-order valence-corrected chi connectivity index (χ0v) is 19.6. The minimum Gasteiger partial charge on any atom is -0.459 e. The first-order valence-corrected chi connectivity index (χ1v) is 12.3. The van der Waals surface area contributed by atoms with Crippen molar-refractivity contribution in [1.29, 1.82) is 0 Å². The molecule has 0 saturated carbocycles. The van der Waals surface area contributed by atoms with E-state index in [9.17, 15) is 9.59 Å². The number of benzene rings is 3. The van der Waals surface area contributed by atoms with E-state index in [2.05, 4.69) is 4.98 Å². The van der Waals surface area contributed by atoms with E-state index >= 15 is 0 Å². The lowest BCUT2D eigenvalue weighted by molar-refractivity contribution is 0.0980. The van der Waals surface area contributed by atoms with Gasteiger partial charge in [0.05, 0.1) is 6.54 Å². The lowest BCUT2D eigenvalue weighted by Gasteiger charge is -2.22. The van der Waals surface area contributed by atoms with Crippen molar-refractivity contribution in [3.05, 3.63) is 113 Å². The molecule has 6 rings (SSSR count). The maximum atomic E-state index is 13.8. The smallest absolute Gasteiger partial charge is 0.267 e. The predicted molar refractivity (Wildman–Crippen MR) is 138 cm³/mol. The van der Waals surface area contributed by atoms with Crippen LogP contribution in [0, 0.1) is 0 Å². The summed E-state index contributed by atoms with van der Waals surface area (Å²) in [6, 6.07) is 27.5. The molecular formula is C28H21N3O3S. The molecule has 3 heterocycles. The molecule has 2 aromatic heterocycles. The number of hydrogen-bond donors (Lipinski definition) is 0. The quantitative estimate of drug-likeness (QED) is 0.307. The molecule has 35 heavy (non-hydrogen) atoms. The topological polar surface area (TPSA) is 68.3 Å². The number of para-hydroxylation sites is 1. The van der Waals surface area contributed by atoms with Crippen molar-refractivity contribution in [3.8, 4) is 11.1 Å². The van der Waals surface area contributed by atoms with Gasteiger partial charge >= 0.3 is 0 Å². The number of aromatic nitrogens is 2. The van der Waals surface area contributed by atoms with Gasteiger partial charge in [-0.15, -0.1) is 0 Å². The number of amides is 1. The number of rotatable bonds is 5. The highest BCUT2D eigenvalue weighted by Crippen LogP contribution is 2.28. The number of fused-ring (bicyclic) bond motifs is 2. The molecule has 0 bridgehead atoms. The van der Waals surface area contributed by atoms with E-state index in [0.29, 0.717) is 23.1 Å². The molecule has 3 aromatic carbocycles. The predicted octanol–water partition coefficient (Wildman–Crippen LogP) is 5.61. The lowest BCUT2D eigenvalue weighted by Crippen LogP contribution is -2.36. The Morgan fingerprint density at radius 3 is 2.51 bits per heavy atom. The Bertz CT molecular complexity index is 1560. The number of anilines is 1. The fourth-order valence-corrected chi connectivity index (χ4v) is 5.24. The average molecular weight is 480 g/mol. The lowest BCUT2D eigenvalue weighted by atomic mass is 10.1. The first-order chi connectivity index (χ1) is 17.2. The Morgan fingerprint density at radius 2 is 1.71 bits per heavy atom.